The number of methoxy groups -OCH3 is 3. The standard InChI is InChI=1S/C17H21N3O4/c1-22-9-8-18-13-4-6-14(19-11-13)17(21)20-12-5-7-15(23-2)16(10-12)24-3/h4-7,10-11,18H,8-9H2,1-3H3,(H,20,21). The van der Waals surface area contributed by atoms with Gasteiger partial charge >= 0.3 is 0 Å². The van der Waals surface area contributed by atoms with E-state index in [0.29, 0.717) is 36.0 Å². The highest BCUT2D eigenvalue weighted by molar-refractivity contribution is 6.03. The fourth-order valence-electron chi connectivity index (χ4n) is 2.04. The second-order valence-electron chi connectivity index (χ2n) is 4.88. The maximum atomic E-state index is 12.3. The molecule has 0 radical (unpaired) electrons. The van der Waals surface area contributed by atoms with Gasteiger partial charge in [0.15, 0.2) is 11.5 Å². The minimum absolute atomic E-state index is 0.300. The Balaban J connectivity index is 2.01. The van der Waals surface area contributed by atoms with Crippen LogP contribution in [0, 0.1) is 0 Å². The van der Waals surface area contributed by atoms with Crippen LogP contribution in [0.15, 0.2) is 36.5 Å². The molecule has 1 aromatic carbocycles. The molecule has 7 heteroatoms. The van der Waals surface area contributed by atoms with E-state index in [0.717, 1.165) is 5.69 Å². The minimum Gasteiger partial charge on any atom is -0.493 e. The molecule has 24 heavy (non-hydrogen) atoms. The zero-order valence-corrected chi connectivity index (χ0v) is 14.0. The first-order valence-electron chi connectivity index (χ1n) is 7.40. The lowest BCUT2D eigenvalue weighted by atomic mass is 10.2. The molecule has 0 bridgehead atoms. The lowest BCUT2D eigenvalue weighted by Gasteiger charge is -2.10. The molecular weight excluding hydrogens is 310 g/mol. The van der Waals surface area contributed by atoms with Crippen LogP contribution in [0.4, 0.5) is 11.4 Å². The van der Waals surface area contributed by atoms with E-state index in [2.05, 4.69) is 15.6 Å². The van der Waals surface area contributed by atoms with Gasteiger partial charge in [0.2, 0.25) is 0 Å². The van der Waals surface area contributed by atoms with Gasteiger partial charge in [-0.05, 0) is 24.3 Å². The molecule has 0 aliphatic rings. The van der Waals surface area contributed by atoms with E-state index < -0.39 is 0 Å². The van der Waals surface area contributed by atoms with E-state index in [1.807, 2.05) is 0 Å². The van der Waals surface area contributed by atoms with Gasteiger partial charge in [-0.15, -0.1) is 0 Å². The Morgan fingerprint density at radius 1 is 1.04 bits per heavy atom. The first-order valence-corrected chi connectivity index (χ1v) is 7.40. The third-order valence-corrected chi connectivity index (χ3v) is 3.27. The molecule has 0 aliphatic heterocycles. The Kier molecular flexibility index (Phi) is 6.39. The number of nitrogens with one attached hydrogen (secondary N) is 2. The monoisotopic (exact) mass is 331 g/mol. The molecule has 2 aromatic rings. The quantitative estimate of drug-likeness (QED) is 0.723. The zero-order chi connectivity index (χ0) is 17.4. The summed E-state index contributed by atoms with van der Waals surface area (Å²) in [4.78, 5) is 16.4. The molecule has 0 fully saturated rings. The fourth-order valence-corrected chi connectivity index (χ4v) is 2.04. The van der Waals surface area contributed by atoms with Crippen molar-refractivity contribution in [3.05, 3.63) is 42.2 Å². The summed E-state index contributed by atoms with van der Waals surface area (Å²) in [6.45, 7) is 1.27. The Hall–Kier alpha value is -2.80. The summed E-state index contributed by atoms with van der Waals surface area (Å²) in [5, 5.41) is 5.92. The Labute approximate surface area is 140 Å². The number of carbonyl (C=O) groups is 1. The minimum atomic E-state index is -0.300. The van der Waals surface area contributed by atoms with Gasteiger partial charge in [0.25, 0.3) is 5.91 Å². The van der Waals surface area contributed by atoms with E-state index >= 15 is 0 Å². The number of rotatable bonds is 8. The van der Waals surface area contributed by atoms with Crippen molar-refractivity contribution in [3.63, 3.8) is 0 Å². The lowest BCUT2D eigenvalue weighted by Crippen LogP contribution is -2.14. The van der Waals surface area contributed by atoms with Gasteiger partial charge in [-0.2, -0.15) is 0 Å². The van der Waals surface area contributed by atoms with Crippen molar-refractivity contribution in [2.45, 2.75) is 0 Å². The molecule has 0 unspecified atom stereocenters. The van der Waals surface area contributed by atoms with Crippen molar-refractivity contribution in [2.75, 3.05) is 45.1 Å². The highest BCUT2D eigenvalue weighted by Gasteiger charge is 2.10. The molecule has 128 valence electrons. The maximum absolute atomic E-state index is 12.3. The molecule has 0 saturated heterocycles. The summed E-state index contributed by atoms with van der Waals surface area (Å²) in [7, 11) is 4.74. The van der Waals surface area contributed by atoms with Crippen molar-refractivity contribution >= 4 is 17.3 Å². The maximum Gasteiger partial charge on any atom is 0.274 e. The molecule has 0 spiro atoms. The zero-order valence-electron chi connectivity index (χ0n) is 14.0. The van der Waals surface area contributed by atoms with Crippen molar-refractivity contribution in [2.24, 2.45) is 0 Å². The highest BCUT2D eigenvalue weighted by atomic mass is 16.5. The molecule has 2 N–H and O–H groups in total. The van der Waals surface area contributed by atoms with Gasteiger partial charge in [0, 0.05) is 25.4 Å². The number of amides is 1. The fraction of sp³-hybridized carbons (Fsp3) is 0.294. The van der Waals surface area contributed by atoms with Gasteiger partial charge in [0.05, 0.1) is 32.7 Å². The Morgan fingerprint density at radius 3 is 2.42 bits per heavy atom. The summed E-state index contributed by atoms with van der Waals surface area (Å²) in [5.74, 6) is 0.840. The third-order valence-electron chi connectivity index (χ3n) is 3.27. The normalized spacial score (nSPS) is 10.1. The number of hydrogen-bond acceptors (Lipinski definition) is 6. The molecule has 1 amide bonds. The average molecular weight is 331 g/mol. The van der Waals surface area contributed by atoms with Crippen molar-refractivity contribution in [3.8, 4) is 11.5 Å². The number of benzene rings is 1. The van der Waals surface area contributed by atoms with Crippen LogP contribution in [-0.4, -0.2) is 45.4 Å². The second-order valence-corrected chi connectivity index (χ2v) is 4.88. The van der Waals surface area contributed by atoms with Gasteiger partial charge in [0.1, 0.15) is 5.69 Å². The van der Waals surface area contributed by atoms with Crippen LogP contribution in [0.25, 0.3) is 0 Å². The van der Waals surface area contributed by atoms with Gasteiger partial charge in [-0.3, -0.25) is 4.79 Å². The molecule has 7 nitrogen and oxygen atoms in total. The van der Waals surface area contributed by atoms with Crippen LogP contribution in [0.2, 0.25) is 0 Å². The van der Waals surface area contributed by atoms with Gasteiger partial charge in [-0.1, -0.05) is 0 Å². The first-order chi connectivity index (χ1) is 11.7. The number of carbonyl (C=O) groups excluding carboxylic acids is 1. The average Bonchev–Trinajstić information content (AvgIpc) is 2.62. The van der Waals surface area contributed by atoms with Crippen molar-refractivity contribution in [1.29, 1.82) is 0 Å². The molecule has 0 aliphatic carbocycles. The third kappa shape index (κ3) is 4.60. The van der Waals surface area contributed by atoms with Crippen LogP contribution >= 0.6 is 0 Å². The molecule has 1 aromatic heterocycles. The van der Waals surface area contributed by atoms with E-state index in [-0.39, 0.29) is 5.91 Å². The van der Waals surface area contributed by atoms with Gasteiger partial charge < -0.3 is 24.8 Å². The summed E-state index contributed by atoms with van der Waals surface area (Å²) < 4.78 is 15.3. The Morgan fingerprint density at radius 2 is 1.79 bits per heavy atom. The summed E-state index contributed by atoms with van der Waals surface area (Å²) in [6.07, 6.45) is 1.61. The Bertz CT molecular complexity index is 674. The molecule has 1 heterocycles. The highest BCUT2D eigenvalue weighted by Crippen LogP contribution is 2.29. The van der Waals surface area contributed by atoms with Crippen molar-refractivity contribution in [1.82, 2.24) is 4.98 Å². The number of hydrogen-bond donors (Lipinski definition) is 2. The molecule has 2 rings (SSSR count). The van der Waals surface area contributed by atoms with E-state index in [1.54, 1.807) is 57.9 Å². The van der Waals surface area contributed by atoms with E-state index in [4.69, 9.17) is 14.2 Å². The largest absolute Gasteiger partial charge is 0.493 e. The SMILES string of the molecule is COCCNc1ccc(C(=O)Nc2ccc(OC)c(OC)c2)nc1. The van der Waals surface area contributed by atoms with E-state index in [9.17, 15) is 4.79 Å². The molecular formula is C17H21N3O4. The predicted octanol–water partition coefficient (Wildman–Crippen LogP) is 2.41. The lowest BCUT2D eigenvalue weighted by molar-refractivity contribution is 0.102. The predicted molar refractivity (Wildman–Crippen MR) is 92.1 cm³/mol. The number of pyridine rings is 1. The van der Waals surface area contributed by atoms with Crippen LogP contribution < -0.4 is 20.1 Å². The van der Waals surface area contributed by atoms with E-state index in [1.165, 1.54) is 0 Å². The number of ether oxygens (including phenoxy) is 3. The van der Waals surface area contributed by atoms with Crippen LogP contribution in [-0.2, 0) is 4.74 Å². The molecule has 0 saturated carbocycles. The van der Waals surface area contributed by atoms with Crippen LogP contribution in [0.3, 0.4) is 0 Å². The smallest absolute Gasteiger partial charge is 0.274 e. The van der Waals surface area contributed by atoms with Crippen LogP contribution in [0.5, 0.6) is 11.5 Å². The van der Waals surface area contributed by atoms with Crippen LogP contribution in [0.1, 0.15) is 10.5 Å². The van der Waals surface area contributed by atoms with Crippen molar-refractivity contribution < 1.29 is 19.0 Å². The number of aromatic nitrogens is 1. The molecule has 0 atom stereocenters. The second kappa shape index (κ2) is 8.73. The summed E-state index contributed by atoms with van der Waals surface area (Å²) >= 11 is 0. The number of anilines is 2. The number of nitrogens with zero attached hydrogens (tertiary/aromatic N) is 1. The summed E-state index contributed by atoms with van der Waals surface area (Å²) in [6, 6.07) is 8.61. The first kappa shape index (κ1) is 17.6. The topological polar surface area (TPSA) is 81.7 Å². The van der Waals surface area contributed by atoms with Gasteiger partial charge in [-0.25, -0.2) is 4.98 Å². The summed E-state index contributed by atoms with van der Waals surface area (Å²) in [5.41, 5.74) is 1.75.